The van der Waals surface area contributed by atoms with Gasteiger partial charge in [0.25, 0.3) is 0 Å². The summed E-state index contributed by atoms with van der Waals surface area (Å²) >= 11 is 0. The summed E-state index contributed by atoms with van der Waals surface area (Å²) in [5.41, 5.74) is 1.14. The average molecular weight is 290 g/mol. The second kappa shape index (κ2) is 7.93. The summed E-state index contributed by atoms with van der Waals surface area (Å²) in [7, 11) is 1.37. The summed E-state index contributed by atoms with van der Waals surface area (Å²) in [5.74, 6) is -0.0767. The minimum absolute atomic E-state index is 0.0707. The standard InChI is InChI=1S/C17H22O4/c1-20-17(19)10-7-14-11-15(8-9-16(14)18)21-12-13-5-3-2-4-6-13/h2-6,14-15H,7-12H2,1H3. The van der Waals surface area contributed by atoms with Crippen molar-refractivity contribution in [2.45, 2.75) is 44.8 Å². The van der Waals surface area contributed by atoms with E-state index in [9.17, 15) is 9.59 Å². The Morgan fingerprint density at radius 1 is 1.29 bits per heavy atom. The molecule has 0 amide bonds. The number of hydrogen-bond acceptors (Lipinski definition) is 4. The largest absolute Gasteiger partial charge is 0.469 e. The van der Waals surface area contributed by atoms with Crippen LogP contribution in [0.1, 0.15) is 37.7 Å². The highest BCUT2D eigenvalue weighted by Gasteiger charge is 2.29. The topological polar surface area (TPSA) is 52.6 Å². The highest BCUT2D eigenvalue weighted by Crippen LogP contribution is 2.27. The van der Waals surface area contributed by atoms with Crippen LogP contribution in [-0.2, 0) is 25.7 Å². The van der Waals surface area contributed by atoms with Gasteiger partial charge in [0.05, 0.1) is 19.8 Å². The lowest BCUT2D eigenvalue weighted by Gasteiger charge is -2.28. The fourth-order valence-electron chi connectivity index (χ4n) is 2.69. The fraction of sp³-hybridized carbons (Fsp3) is 0.529. The van der Waals surface area contributed by atoms with Crippen molar-refractivity contribution in [2.24, 2.45) is 5.92 Å². The van der Waals surface area contributed by atoms with Crippen molar-refractivity contribution >= 4 is 11.8 Å². The van der Waals surface area contributed by atoms with Crippen molar-refractivity contribution in [3.8, 4) is 0 Å². The SMILES string of the molecule is COC(=O)CCC1CC(OCc2ccccc2)CCC1=O. The smallest absolute Gasteiger partial charge is 0.305 e. The first-order valence-electron chi connectivity index (χ1n) is 7.44. The molecule has 1 aliphatic rings. The van der Waals surface area contributed by atoms with Crippen LogP contribution in [0.2, 0.25) is 0 Å². The van der Waals surface area contributed by atoms with E-state index in [0.29, 0.717) is 32.3 Å². The van der Waals surface area contributed by atoms with Crippen molar-refractivity contribution in [2.75, 3.05) is 7.11 Å². The minimum atomic E-state index is -0.255. The highest BCUT2D eigenvalue weighted by atomic mass is 16.5. The molecule has 2 atom stereocenters. The number of carbonyl (C=O) groups excluding carboxylic acids is 2. The third-order valence-corrected chi connectivity index (χ3v) is 3.97. The van der Waals surface area contributed by atoms with Gasteiger partial charge in [0, 0.05) is 18.8 Å². The minimum Gasteiger partial charge on any atom is -0.469 e. The quantitative estimate of drug-likeness (QED) is 0.756. The summed E-state index contributed by atoms with van der Waals surface area (Å²) in [5, 5.41) is 0. The van der Waals surface area contributed by atoms with Crippen LogP contribution in [0.5, 0.6) is 0 Å². The molecule has 1 aromatic carbocycles. The van der Waals surface area contributed by atoms with Gasteiger partial charge in [-0.15, -0.1) is 0 Å². The Morgan fingerprint density at radius 2 is 2.05 bits per heavy atom. The lowest BCUT2D eigenvalue weighted by molar-refractivity contribution is -0.141. The van der Waals surface area contributed by atoms with Crippen LogP contribution in [0.15, 0.2) is 30.3 Å². The van der Waals surface area contributed by atoms with Gasteiger partial charge in [-0.2, -0.15) is 0 Å². The molecular formula is C17H22O4. The molecule has 21 heavy (non-hydrogen) atoms. The van der Waals surface area contributed by atoms with E-state index < -0.39 is 0 Å². The van der Waals surface area contributed by atoms with Gasteiger partial charge in [-0.1, -0.05) is 30.3 Å². The molecule has 0 aromatic heterocycles. The van der Waals surface area contributed by atoms with Gasteiger partial charge < -0.3 is 9.47 Å². The van der Waals surface area contributed by atoms with E-state index in [1.807, 2.05) is 30.3 Å². The van der Waals surface area contributed by atoms with Gasteiger partial charge >= 0.3 is 5.97 Å². The van der Waals surface area contributed by atoms with Gasteiger partial charge in [-0.25, -0.2) is 0 Å². The second-order valence-electron chi connectivity index (χ2n) is 5.47. The van der Waals surface area contributed by atoms with Crippen LogP contribution in [0.4, 0.5) is 0 Å². The summed E-state index contributed by atoms with van der Waals surface area (Å²) in [6, 6.07) is 10.0. The van der Waals surface area contributed by atoms with Crippen LogP contribution in [-0.4, -0.2) is 25.0 Å². The molecule has 1 fully saturated rings. The van der Waals surface area contributed by atoms with Gasteiger partial charge in [0.2, 0.25) is 0 Å². The maximum absolute atomic E-state index is 11.9. The molecule has 2 rings (SSSR count). The van der Waals surface area contributed by atoms with E-state index in [2.05, 4.69) is 4.74 Å². The molecule has 114 valence electrons. The van der Waals surface area contributed by atoms with E-state index in [0.717, 1.165) is 12.0 Å². The van der Waals surface area contributed by atoms with Crippen molar-refractivity contribution in [1.29, 1.82) is 0 Å². The molecule has 0 heterocycles. The number of carbonyl (C=O) groups is 2. The van der Waals surface area contributed by atoms with E-state index in [1.54, 1.807) is 0 Å². The van der Waals surface area contributed by atoms with Crippen molar-refractivity contribution < 1.29 is 19.1 Å². The predicted molar refractivity (Wildman–Crippen MR) is 78.6 cm³/mol. The van der Waals surface area contributed by atoms with Crippen LogP contribution in [0.3, 0.4) is 0 Å². The molecule has 0 aliphatic heterocycles. The number of methoxy groups -OCH3 is 1. The molecule has 1 aliphatic carbocycles. The number of benzene rings is 1. The molecule has 4 nitrogen and oxygen atoms in total. The summed E-state index contributed by atoms with van der Waals surface area (Å²) < 4.78 is 10.5. The number of Topliss-reactive ketones (excluding diaryl/α,β-unsaturated/α-hetero) is 1. The molecule has 0 spiro atoms. The lowest BCUT2D eigenvalue weighted by atomic mass is 9.83. The monoisotopic (exact) mass is 290 g/mol. The maximum atomic E-state index is 11.9. The Hall–Kier alpha value is -1.68. The van der Waals surface area contributed by atoms with E-state index in [1.165, 1.54) is 7.11 Å². The Morgan fingerprint density at radius 3 is 2.76 bits per heavy atom. The average Bonchev–Trinajstić information content (AvgIpc) is 2.53. The molecule has 4 heteroatoms. The maximum Gasteiger partial charge on any atom is 0.305 e. The Labute approximate surface area is 125 Å². The number of rotatable bonds is 6. The Bertz CT molecular complexity index is 469. The number of esters is 1. The zero-order valence-electron chi connectivity index (χ0n) is 12.4. The second-order valence-corrected chi connectivity index (χ2v) is 5.47. The van der Waals surface area contributed by atoms with Gasteiger partial charge in [-0.05, 0) is 24.8 Å². The van der Waals surface area contributed by atoms with Gasteiger partial charge in [0.15, 0.2) is 0 Å². The number of ketones is 1. The molecule has 1 saturated carbocycles. The van der Waals surface area contributed by atoms with Crippen LogP contribution < -0.4 is 0 Å². The first-order chi connectivity index (χ1) is 10.2. The highest BCUT2D eigenvalue weighted by molar-refractivity contribution is 5.82. The molecule has 1 aromatic rings. The third kappa shape index (κ3) is 4.97. The van der Waals surface area contributed by atoms with Gasteiger partial charge in [0.1, 0.15) is 5.78 Å². The van der Waals surface area contributed by atoms with Crippen molar-refractivity contribution in [3.05, 3.63) is 35.9 Å². The zero-order chi connectivity index (χ0) is 15.1. The molecule has 0 bridgehead atoms. The normalized spacial score (nSPS) is 22.0. The zero-order valence-corrected chi connectivity index (χ0v) is 12.4. The first kappa shape index (κ1) is 15.7. The number of ether oxygens (including phenoxy) is 2. The van der Waals surface area contributed by atoms with Gasteiger partial charge in [-0.3, -0.25) is 9.59 Å². The molecule has 0 radical (unpaired) electrons. The molecule has 0 saturated heterocycles. The summed E-state index contributed by atoms with van der Waals surface area (Å²) in [4.78, 5) is 23.1. The van der Waals surface area contributed by atoms with Crippen LogP contribution >= 0.6 is 0 Å². The molecule has 0 N–H and O–H groups in total. The fourth-order valence-corrected chi connectivity index (χ4v) is 2.69. The third-order valence-electron chi connectivity index (χ3n) is 3.97. The summed E-state index contributed by atoms with van der Waals surface area (Å²) in [6.45, 7) is 0.573. The molecular weight excluding hydrogens is 268 g/mol. The van der Waals surface area contributed by atoms with E-state index >= 15 is 0 Å². The molecule has 2 unspecified atom stereocenters. The predicted octanol–water partition coefficient (Wildman–Crippen LogP) is 2.89. The van der Waals surface area contributed by atoms with Crippen molar-refractivity contribution in [1.82, 2.24) is 0 Å². The Balaban J connectivity index is 1.79. The van der Waals surface area contributed by atoms with Crippen LogP contribution in [0.25, 0.3) is 0 Å². The van der Waals surface area contributed by atoms with Crippen molar-refractivity contribution in [3.63, 3.8) is 0 Å². The lowest BCUT2D eigenvalue weighted by Crippen LogP contribution is -2.30. The Kier molecular flexibility index (Phi) is 5.93. The number of hydrogen-bond donors (Lipinski definition) is 0. The van der Waals surface area contributed by atoms with Crippen LogP contribution in [0, 0.1) is 5.92 Å². The van der Waals surface area contributed by atoms with E-state index in [4.69, 9.17) is 4.74 Å². The van der Waals surface area contributed by atoms with E-state index in [-0.39, 0.29) is 23.8 Å². The first-order valence-corrected chi connectivity index (χ1v) is 7.44. The summed E-state index contributed by atoms with van der Waals surface area (Å²) in [6.07, 6.45) is 3.01.